The van der Waals surface area contributed by atoms with Gasteiger partial charge in [0.2, 0.25) is 0 Å². The van der Waals surface area contributed by atoms with Gasteiger partial charge in [-0.05, 0) is 31.0 Å². The second-order valence-electron chi connectivity index (χ2n) is 6.02. The van der Waals surface area contributed by atoms with Gasteiger partial charge in [0.15, 0.2) is 11.5 Å². The molecule has 25 heavy (non-hydrogen) atoms. The van der Waals surface area contributed by atoms with Crippen molar-refractivity contribution in [1.29, 1.82) is 0 Å². The van der Waals surface area contributed by atoms with Gasteiger partial charge < -0.3 is 18.9 Å². The molecule has 2 heterocycles. The van der Waals surface area contributed by atoms with E-state index in [0.29, 0.717) is 30.2 Å². The van der Waals surface area contributed by atoms with Gasteiger partial charge in [-0.1, -0.05) is 12.7 Å². The van der Waals surface area contributed by atoms with E-state index in [4.69, 9.17) is 9.47 Å². The van der Waals surface area contributed by atoms with Crippen molar-refractivity contribution in [3.63, 3.8) is 0 Å². The summed E-state index contributed by atoms with van der Waals surface area (Å²) < 4.78 is 13.0. The van der Waals surface area contributed by atoms with Crippen molar-refractivity contribution < 1.29 is 14.3 Å². The summed E-state index contributed by atoms with van der Waals surface area (Å²) in [6, 6.07) is 5.57. The fraction of sp³-hybridized carbons (Fsp3) is 0.368. The van der Waals surface area contributed by atoms with Gasteiger partial charge in [0.05, 0.1) is 19.5 Å². The molecule has 0 N–H and O–H groups in total. The van der Waals surface area contributed by atoms with Crippen LogP contribution in [0.1, 0.15) is 29.2 Å². The first-order valence-electron chi connectivity index (χ1n) is 8.41. The molecule has 1 saturated heterocycles. The molecule has 1 aromatic heterocycles. The molecule has 1 fully saturated rings. The lowest BCUT2D eigenvalue weighted by Gasteiger charge is -2.33. The Labute approximate surface area is 147 Å². The molecule has 6 nitrogen and oxygen atoms in total. The predicted molar refractivity (Wildman–Crippen MR) is 95.1 cm³/mol. The van der Waals surface area contributed by atoms with Crippen LogP contribution in [0.3, 0.4) is 0 Å². The van der Waals surface area contributed by atoms with Gasteiger partial charge in [-0.25, -0.2) is 4.98 Å². The maximum atomic E-state index is 12.9. The highest BCUT2D eigenvalue weighted by atomic mass is 16.5. The van der Waals surface area contributed by atoms with Crippen molar-refractivity contribution >= 4 is 5.91 Å². The van der Waals surface area contributed by atoms with Crippen LogP contribution >= 0.6 is 0 Å². The largest absolute Gasteiger partial charge is 0.493 e. The molecule has 0 radical (unpaired) electrons. The number of hydrogen-bond acceptors (Lipinski definition) is 4. The van der Waals surface area contributed by atoms with E-state index in [1.54, 1.807) is 37.6 Å². The van der Waals surface area contributed by atoms with E-state index in [2.05, 4.69) is 16.1 Å². The molecule has 0 unspecified atom stereocenters. The van der Waals surface area contributed by atoms with Crippen molar-refractivity contribution in [3.05, 3.63) is 55.1 Å². The van der Waals surface area contributed by atoms with Crippen LogP contribution in [0.2, 0.25) is 0 Å². The van der Waals surface area contributed by atoms with Crippen molar-refractivity contribution in [2.75, 3.05) is 26.8 Å². The first-order chi connectivity index (χ1) is 12.2. The molecular weight excluding hydrogens is 318 g/mol. The van der Waals surface area contributed by atoms with Gasteiger partial charge in [-0.3, -0.25) is 4.79 Å². The molecule has 2 aromatic rings. The van der Waals surface area contributed by atoms with Crippen molar-refractivity contribution in [1.82, 2.24) is 14.5 Å². The quantitative estimate of drug-likeness (QED) is 0.758. The first-order valence-corrected chi connectivity index (χ1v) is 8.41. The third-order valence-corrected chi connectivity index (χ3v) is 4.40. The summed E-state index contributed by atoms with van der Waals surface area (Å²) in [5.74, 6) is 1.17. The van der Waals surface area contributed by atoms with E-state index in [0.717, 1.165) is 19.4 Å². The molecular formula is C19H23N3O3. The van der Waals surface area contributed by atoms with E-state index in [-0.39, 0.29) is 11.9 Å². The lowest BCUT2D eigenvalue weighted by molar-refractivity contribution is 0.0679. The number of nitrogens with zero attached hydrogens (tertiary/aromatic N) is 3. The molecule has 0 saturated carbocycles. The summed E-state index contributed by atoms with van der Waals surface area (Å²) >= 11 is 0. The third-order valence-electron chi connectivity index (χ3n) is 4.40. The van der Waals surface area contributed by atoms with Crippen molar-refractivity contribution in [2.45, 2.75) is 18.9 Å². The van der Waals surface area contributed by atoms with Crippen LogP contribution in [0.25, 0.3) is 0 Å². The summed E-state index contributed by atoms with van der Waals surface area (Å²) in [5.41, 5.74) is 0.606. The molecule has 1 atom stereocenters. The highest BCUT2D eigenvalue weighted by Crippen LogP contribution is 2.29. The van der Waals surface area contributed by atoms with Crippen molar-refractivity contribution in [2.24, 2.45) is 0 Å². The average Bonchev–Trinajstić information content (AvgIpc) is 3.20. The number of aromatic nitrogens is 2. The molecule has 1 aromatic carbocycles. The van der Waals surface area contributed by atoms with Crippen LogP contribution in [0.4, 0.5) is 0 Å². The Morgan fingerprint density at radius 2 is 2.32 bits per heavy atom. The zero-order chi connectivity index (χ0) is 17.6. The smallest absolute Gasteiger partial charge is 0.254 e. The molecule has 132 valence electrons. The minimum atomic E-state index is 0.0124. The van der Waals surface area contributed by atoms with Crippen molar-refractivity contribution in [3.8, 4) is 11.5 Å². The Kier molecular flexibility index (Phi) is 5.38. The Balaban J connectivity index is 1.74. The summed E-state index contributed by atoms with van der Waals surface area (Å²) in [7, 11) is 1.57. The van der Waals surface area contributed by atoms with E-state index < -0.39 is 0 Å². The number of carbonyl (C=O) groups is 1. The average molecular weight is 341 g/mol. The van der Waals surface area contributed by atoms with E-state index >= 15 is 0 Å². The van der Waals surface area contributed by atoms with Gasteiger partial charge in [-0.2, -0.15) is 0 Å². The summed E-state index contributed by atoms with van der Waals surface area (Å²) in [5, 5.41) is 0. The maximum absolute atomic E-state index is 12.9. The van der Waals surface area contributed by atoms with Gasteiger partial charge in [0.1, 0.15) is 6.61 Å². The molecule has 0 aliphatic carbocycles. The van der Waals surface area contributed by atoms with Crippen LogP contribution < -0.4 is 9.47 Å². The maximum Gasteiger partial charge on any atom is 0.254 e. The number of likely N-dealkylation sites (tertiary alicyclic amines) is 1. The Morgan fingerprint density at radius 1 is 1.44 bits per heavy atom. The van der Waals surface area contributed by atoms with E-state index in [9.17, 15) is 4.79 Å². The normalized spacial score (nSPS) is 17.2. The number of amides is 1. The monoisotopic (exact) mass is 341 g/mol. The summed E-state index contributed by atoms with van der Waals surface area (Å²) in [4.78, 5) is 18.9. The highest BCUT2D eigenvalue weighted by molar-refractivity contribution is 5.95. The molecule has 6 heteroatoms. The third kappa shape index (κ3) is 3.84. The molecule has 0 spiro atoms. The highest BCUT2D eigenvalue weighted by Gasteiger charge is 2.25. The number of rotatable bonds is 6. The zero-order valence-corrected chi connectivity index (χ0v) is 14.4. The minimum absolute atomic E-state index is 0.0124. The summed E-state index contributed by atoms with van der Waals surface area (Å²) in [6.07, 6.45) is 9.24. The number of methoxy groups -OCH3 is 1. The lowest BCUT2D eigenvalue weighted by atomic mass is 10.0. The standard InChI is InChI=1S/C19H23N3O3/c1-3-11-25-17-7-6-15(12-18(17)24-2)19(23)21-9-4-5-16(13-21)22-10-8-20-14-22/h3,6-8,10,12,14,16H,1,4-5,9,11,13H2,2H3/t16-/m1/s1. The van der Waals surface area contributed by atoms with Crippen LogP contribution in [0, 0.1) is 0 Å². The van der Waals surface area contributed by atoms with Crippen LogP contribution in [-0.2, 0) is 0 Å². The number of imidazole rings is 1. The van der Waals surface area contributed by atoms with Crippen LogP contribution in [0.15, 0.2) is 49.6 Å². The Bertz CT molecular complexity index is 728. The van der Waals surface area contributed by atoms with Crippen LogP contribution in [-0.4, -0.2) is 47.2 Å². The SMILES string of the molecule is C=CCOc1ccc(C(=O)N2CCC[C@@H](n3ccnc3)C2)cc1OC. The fourth-order valence-electron chi connectivity index (χ4n) is 3.12. The molecule has 1 aliphatic heterocycles. The number of carbonyl (C=O) groups excluding carboxylic acids is 1. The predicted octanol–water partition coefficient (Wildman–Crippen LogP) is 2.93. The second kappa shape index (κ2) is 7.88. The Hall–Kier alpha value is -2.76. The molecule has 1 aliphatic rings. The van der Waals surface area contributed by atoms with Gasteiger partial charge >= 0.3 is 0 Å². The molecule has 0 bridgehead atoms. The number of hydrogen-bond donors (Lipinski definition) is 0. The number of benzene rings is 1. The number of ether oxygens (including phenoxy) is 2. The van der Waals surface area contributed by atoms with Crippen LogP contribution in [0.5, 0.6) is 11.5 Å². The number of piperidine rings is 1. The van der Waals surface area contributed by atoms with Gasteiger partial charge in [-0.15, -0.1) is 0 Å². The van der Waals surface area contributed by atoms with E-state index in [1.165, 1.54) is 0 Å². The molecule has 3 rings (SSSR count). The van der Waals surface area contributed by atoms with Gasteiger partial charge in [0.25, 0.3) is 5.91 Å². The summed E-state index contributed by atoms with van der Waals surface area (Å²) in [6.45, 7) is 5.48. The van der Waals surface area contributed by atoms with Gasteiger partial charge in [0, 0.05) is 31.0 Å². The molecule has 1 amide bonds. The zero-order valence-electron chi connectivity index (χ0n) is 14.4. The second-order valence-corrected chi connectivity index (χ2v) is 6.02. The topological polar surface area (TPSA) is 56.6 Å². The lowest BCUT2D eigenvalue weighted by Crippen LogP contribution is -2.40. The minimum Gasteiger partial charge on any atom is -0.493 e. The fourth-order valence-corrected chi connectivity index (χ4v) is 3.12. The Morgan fingerprint density at radius 3 is 3.04 bits per heavy atom. The van der Waals surface area contributed by atoms with E-state index in [1.807, 2.05) is 17.4 Å². The first kappa shape index (κ1) is 17.1.